The van der Waals surface area contributed by atoms with Crippen LogP contribution in [0.1, 0.15) is 5.69 Å². The number of anilines is 1. The Bertz CT molecular complexity index is 687. The van der Waals surface area contributed by atoms with E-state index in [1.54, 1.807) is 6.07 Å². The Morgan fingerprint density at radius 3 is 2.52 bits per heavy atom. The lowest BCUT2D eigenvalue weighted by atomic mass is 10.1. The normalized spacial score (nSPS) is 15.4. The topological polar surface area (TPSA) is 37.4 Å². The maximum Gasteiger partial charge on any atom is 0.573 e. The van der Waals surface area contributed by atoms with Gasteiger partial charge in [0.05, 0.1) is 5.52 Å². The molecule has 0 amide bonds. The largest absolute Gasteiger partial charge is 0.573 e. The molecule has 0 aliphatic carbocycles. The van der Waals surface area contributed by atoms with E-state index in [0.29, 0.717) is 5.52 Å². The predicted octanol–water partition coefficient (Wildman–Crippen LogP) is 3.27. The van der Waals surface area contributed by atoms with E-state index in [1.165, 1.54) is 12.1 Å². The summed E-state index contributed by atoms with van der Waals surface area (Å²) in [5, 5.41) is 4.11. The van der Waals surface area contributed by atoms with Gasteiger partial charge in [0.25, 0.3) is 0 Å². The molecule has 1 aromatic carbocycles. The van der Waals surface area contributed by atoms with E-state index in [2.05, 4.69) is 19.9 Å². The Morgan fingerprint density at radius 2 is 1.87 bits per heavy atom. The summed E-state index contributed by atoms with van der Waals surface area (Å²) in [6, 6.07) is 6.28. The molecule has 0 bridgehead atoms. The SMILES string of the molecule is Cc1cc(N2CCNCC2)c2ccc(OC(F)(F)F)cc2n1.Cl. The van der Waals surface area contributed by atoms with Gasteiger partial charge in [-0.25, -0.2) is 0 Å². The van der Waals surface area contributed by atoms with Crippen LogP contribution in [-0.4, -0.2) is 37.5 Å². The van der Waals surface area contributed by atoms with Crippen molar-refractivity contribution in [1.29, 1.82) is 0 Å². The van der Waals surface area contributed by atoms with Gasteiger partial charge in [-0.2, -0.15) is 0 Å². The summed E-state index contributed by atoms with van der Waals surface area (Å²) in [5.74, 6) is -0.246. The fourth-order valence-electron chi connectivity index (χ4n) is 2.68. The number of benzene rings is 1. The maximum absolute atomic E-state index is 12.3. The molecule has 1 aromatic heterocycles. The smallest absolute Gasteiger partial charge is 0.406 e. The lowest BCUT2D eigenvalue weighted by molar-refractivity contribution is -0.274. The monoisotopic (exact) mass is 347 g/mol. The first-order chi connectivity index (χ1) is 10.4. The minimum Gasteiger partial charge on any atom is -0.406 e. The molecule has 0 radical (unpaired) electrons. The zero-order valence-electron chi connectivity index (χ0n) is 12.5. The molecule has 4 nitrogen and oxygen atoms in total. The second-order valence-electron chi connectivity index (χ2n) is 5.25. The predicted molar refractivity (Wildman–Crippen MR) is 85.5 cm³/mol. The minimum absolute atomic E-state index is 0. The molecule has 0 spiro atoms. The molecule has 2 heterocycles. The van der Waals surface area contributed by atoms with Crippen molar-refractivity contribution in [3.8, 4) is 5.75 Å². The summed E-state index contributed by atoms with van der Waals surface area (Å²) in [4.78, 5) is 6.55. The fraction of sp³-hybridized carbons (Fsp3) is 0.400. The third-order valence-electron chi connectivity index (χ3n) is 3.58. The zero-order valence-corrected chi connectivity index (χ0v) is 13.3. The van der Waals surface area contributed by atoms with Gasteiger partial charge in [0.1, 0.15) is 5.75 Å². The van der Waals surface area contributed by atoms with Gasteiger partial charge in [-0.3, -0.25) is 4.98 Å². The van der Waals surface area contributed by atoms with E-state index < -0.39 is 6.36 Å². The number of piperazine rings is 1. The Balaban J connectivity index is 0.00000192. The van der Waals surface area contributed by atoms with Crippen LogP contribution in [0.3, 0.4) is 0 Å². The molecule has 8 heteroatoms. The van der Waals surface area contributed by atoms with Crippen molar-refractivity contribution < 1.29 is 17.9 Å². The van der Waals surface area contributed by atoms with E-state index in [-0.39, 0.29) is 18.2 Å². The van der Waals surface area contributed by atoms with Gasteiger partial charge in [-0.1, -0.05) is 0 Å². The van der Waals surface area contributed by atoms with Gasteiger partial charge in [-0.05, 0) is 25.1 Å². The number of aromatic nitrogens is 1. The highest BCUT2D eigenvalue weighted by Crippen LogP contribution is 2.31. The molecule has 3 rings (SSSR count). The second-order valence-corrected chi connectivity index (χ2v) is 5.25. The van der Waals surface area contributed by atoms with Crippen molar-refractivity contribution >= 4 is 29.0 Å². The lowest BCUT2D eigenvalue weighted by Crippen LogP contribution is -2.43. The van der Waals surface area contributed by atoms with Gasteiger partial charge < -0.3 is 15.0 Å². The van der Waals surface area contributed by atoms with E-state index >= 15 is 0 Å². The van der Waals surface area contributed by atoms with Crippen LogP contribution in [0.5, 0.6) is 5.75 Å². The highest BCUT2D eigenvalue weighted by Gasteiger charge is 2.31. The number of hydrogen-bond donors (Lipinski definition) is 1. The number of aryl methyl sites for hydroxylation is 1. The Morgan fingerprint density at radius 1 is 1.17 bits per heavy atom. The van der Waals surface area contributed by atoms with Gasteiger partial charge in [0.15, 0.2) is 0 Å². The van der Waals surface area contributed by atoms with Gasteiger partial charge in [0, 0.05) is 49.0 Å². The Labute approximate surface area is 138 Å². The number of rotatable bonds is 2. The summed E-state index contributed by atoms with van der Waals surface area (Å²) in [7, 11) is 0. The summed E-state index contributed by atoms with van der Waals surface area (Å²) < 4.78 is 41.0. The maximum atomic E-state index is 12.3. The second kappa shape index (κ2) is 6.80. The number of alkyl halides is 3. The Kier molecular flexibility index (Phi) is 5.21. The summed E-state index contributed by atoms with van der Waals surface area (Å²) in [6.45, 7) is 5.33. The van der Waals surface area contributed by atoms with Crippen molar-refractivity contribution in [3.63, 3.8) is 0 Å². The number of nitrogens with zero attached hydrogens (tertiary/aromatic N) is 2. The Hall–Kier alpha value is -1.73. The van der Waals surface area contributed by atoms with Gasteiger partial charge >= 0.3 is 6.36 Å². The molecule has 2 aromatic rings. The molecule has 0 saturated carbocycles. The highest BCUT2D eigenvalue weighted by molar-refractivity contribution is 5.93. The van der Waals surface area contributed by atoms with Crippen LogP contribution in [0.25, 0.3) is 10.9 Å². The molecule has 1 N–H and O–H groups in total. The number of halogens is 4. The molecule has 1 fully saturated rings. The van der Waals surface area contributed by atoms with E-state index in [0.717, 1.165) is 42.9 Å². The van der Waals surface area contributed by atoms with Crippen LogP contribution in [0.15, 0.2) is 24.3 Å². The third-order valence-corrected chi connectivity index (χ3v) is 3.58. The quantitative estimate of drug-likeness (QED) is 0.904. The number of hydrogen-bond acceptors (Lipinski definition) is 4. The molecule has 1 saturated heterocycles. The molecule has 23 heavy (non-hydrogen) atoms. The first-order valence-corrected chi connectivity index (χ1v) is 7.05. The lowest BCUT2D eigenvalue weighted by Gasteiger charge is -2.30. The molecule has 1 aliphatic rings. The van der Waals surface area contributed by atoms with Crippen LogP contribution < -0.4 is 15.0 Å². The van der Waals surface area contributed by atoms with Crippen molar-refractivity contribution in [2.45, 2.75) is 13.3 Å². The van der Waals surface area contributed by atoms with Crippen LogP contribution >= 0.6 is 12.4 Å². The number of ether oxygens (including phenoxy) is 1. The molecule has 1 aliphatic heterocycles. The molecule has 0 atom stereocenters. The number of nitrogens with one attached hydrogen (secondary N) is 1. The number of fused-ring (bicyclic) bond motifs is 1. The van der Waals surface area contributed by atoms with Crippen LogP contribution in [0, 0.1) is 6.92 Å². The van der Waals surface area contributed by atoms with E-state index in [9.17, 15) is 13.2 Å². The molecule has 0 unspecified atom stereocenters. The molecular formula is C15H17ClF3N3O. The molecule has 126 valence electrons. The first-order valence-electron chi connectivity index (χ1n) is 7.05. The van der Waals surface area contributed by atoms with Crippen molar-refractivity contribution in [2.24, 2.45) is 0 Å². The average molecular weight is 348 g/mol. The van der Waals surface area contributed by atoms with Gasteiger partial charge in [-0.15, -0.1) is 25.6 Å². The first kappa shape index (κ1) is 17.6. The summed E-state index contributed by atoms with van der Waals surface area (Å²) in [6.07, 6.45) is -4.70. The fourth-order valence-corrected chi connectivity index (χ4v) is 2.68. The van der Waals surface area contributed by atoms with Crippen LogP contribution in [0.2, 0.25) is 0 Å². The molecular weight excluding hydrogens is 331 g/mol. The zero-order chi connectivity index (χ0) is 15.7. The van der Waals surface area contributed by atoms with Crippen LogP contribution in [0.4, 0.5) is 18.9 Å². The van der Waals surface area contributed by atoms with Crippen molar-refractivity contribution in [2.75, 3.05) is 31.1 Å². The van der Waals surface area contributed by atoms with Crippen molar-refractivity contribution in [1.82, 2.24) is 10.3 Å². The standard InChI is InChI=1S/C15H16F3N3O.ClH/c1-10-8-14(21-6-4-19-5-7-21)12-3-2-11(9-13(12)20-10)22-15(16,17)18;/h2-3,8-9,19H,4-7H2,1H3;1H. The van der Waals surface area contributed by atoms with Crippen LogP contribution in [-0.2, 0) is 0 Å². The number of pyridine rings is 1. The summed E-state index contributed by atoms with van der Waals surface area (Å²) in [5.41, 5.74) is 2.28. The summed E-state index contributed by atoms with van der Waals surface area (Å²) >= 11 is 0. The van der Waals surface area contributed by atoms with E-state index in [4.69, 9.17) is 0 Å². The third kappa shape index (κ3) is 4.17. The van der Waals surface area contributed by atoms with E-state index in [1.807, 2.05) is 13.0 Å². The van der Waals surface area contributed by atoms with Crippen molar-refractivity contribution in [3.05, 3.63) is 30.0 Å². The van der Waals surface area contributed by atoms with Gasteiger partial charge in [0.2, 0.25) is 0 Å². The average Bonchev–Trinajstić information content (AvgIpc) is 2.45. The minimum atomic E-state index is -4.70. The highest BCUT2D eigenvalue weighted by atomic mass is 35.5.